The quantitative estimate of drug-likeness (QED) is 0.499. The summed E-state index contributed by atoms with van der Waals surface area (Å²) < 4.78 is 18.2. The summed E-state index contributed by atoms with van der Waals surface area (Å²) in [5.74, 6) is 0.773. The Morgan fingerprint density at radius 3 is 2.91 bits per heavy atom. The molecule has 0 aliphatic rings. The molecule has 0 saturated carbocycles. The lowest BCUT2D eigenvalue weighted by Crippen LogP contribution is -1.97. The molecular weight excluding hydrogens is 279 g/mol. The van der Waals surface area contributed by atoms with Crippen LogP contribution in [0.15, 0.2) is 37.1 Å². The molecule has 1 heterocycles. The highest BCUT2D eigenvalue weighted by Gasteiger charge is 2.03. The van der Waals surface area contributed by atoms with Crippen LogP contribution in [0.25, 0.3) is 11.0 Å². The van der Waals surface area contributed by atoms with Crippen LogP contribution in [0.5, 0.6) is 5.75 Å². The summed E-state index contributed by atoms with van der Waals surface area (Å²) in [6.07, 6.45) is 7.35. The summed E-state index contributed by atoms with van der Waals surface area (Å²) in [5, 5.41) is 0. The van der Waals surface area contributed by atoms with Crippen LogP contribution in [0.1, 0.15) is 38.3 Å². The van der Waals surface area contributed by atoms with Gasteiger partial charge in [-0.3, -0.25) is 4.98 Å². The first-order valence-corrected chi connectivity index (χ1v) is 7.82. The lowest BCUT2D eigenvalue weighted by molar-refractivity contribution is 0.330. The van der Waals surface area contributed by atoms with Crippen molar-refractivity contribution in [3.8, 4) is 5.75 Å². The lowest BCUT2D eigenvalue weighted by atomic mass is 10.1. The number of alkyl halides is 1. The van der Waals surface area contributed by atoms with Crippen LogP contribution in [-0.4, -0.2) is 22.7 Å². The van der Waals surface area contributed by atoms with Gasteiger partial charge in [-0.25, -0.2) is 9.37 Å². The number of rotatable bonds is 9. The van der Waals surface area contributed by atoms with Crippen molar-refractivity contribution < 1.29 is 9.13 Å². The zero-order valence-corrected chi connectivity index (χ0v) is 13.1. The maximum absolute atomic E-state index is 12.7. The van der Waals surface area contributed by atoms with E-state index < -0.39 is 6.17 Å². The van der Waals surface area contributed by atoms with E-state index in [0.29, 0.717) is 13.0 Å². The maximum atomic E-state index is 12.7. The molecule has 118 valence electrons. The first-order valence-electron chi connectivity index (χ1n) is 7.82. The van der Waals surface area contributed by atoms with E-state index in [4.69, 9.17) is 4.74 Å². The Hall–Kier alpha value is -1.97. The van der Waals surface area contributed by atoms with Crippen LogP contribution in [0.2, 0.25) is 0 Å². The monoisotopic (exact) mass is 302 g/mol. The summed E-state index contributed by atoms with van der Waals surface area (Å²) in [5.41, 5.74) is 2.69. The number of hydrogen-bond donors (Lipinski definition) is 0. The molecule has 0 aliphatic carbocycles. The number of ether oxygens (including phenoxy) is 1. The third kappa shape index (κ3) is 5.10. The predicted molar refractivity (Wildman–Crippen MR) is 88.0 cm³/mol. The van der Waals surface area contributed by atoms with Gasteiger partial charge in [-0.05, 0) is 38.3 Å². The maximum Gasteiger partial charge on any atom is 0.122 e. The molecule has 0 fully saturated rings. The minimum atomic E-state index is -0.696. The fraction of sp³-hybridized carbons (Fsp3) is 0.444. The molecule has 2 aromatic rings. The van der Waals surface area contributed by atoms with Crippen LogP contribution in [0.3, 0.4) is 0 Å². The normalized spacial score (nSPS) is 12.3. The summed E-state index contributed by atoms with van der Waals surface area (Å²) in [6.45, 7) is 5.72. The highest BCUT2D eigenvalue weighted by Crippen LogP contribution is 2.18. The van der Waals surface area contributed by atoms with Gasteiger partial charge < -0.3 is 4.74 Å². The standard InChI is InChI=1S/C18H23FN2O/c1-3-11-22-16-9-10-17-18(12-16)20-13-15(21-17)8-6-4-5-7-14(2)19/h3,9-10,12-14H,1,4-8,11H2,2H3. The highest BCUT2D eigenvalue weighted by molar-refractivity contribution is 5.75. The number of fused-ring (bicyclic) bond motifs is 1. The molecule has 4 heteroatoms. The molecule has 0 amide bonds. The molecule has 22 heavy (non-hydrogen) atoms. The van der Waals surface area contributed by atoms with Gasteiger partial charge in [0.15, 0.2) is 0 Å². The second-order valence-electron chi connectivity index (χ2n) is 5.49. The van der Waals surface area contributed by atoms with E-state index in [1.54, 1.807) is 13.0 Å². The molecule has 2 rings (SSSR count). The smallest absolute Gasteiger partial charge is 0.122 e. The molecule has 0 radical (unpaired) electrons. The molecule has 1 atom stereocenters. The zero-order chi connectivity index (χ0) is 15.8. The van der Waals surface area contributed by atoms with Gasteiger partial charge in [-0.15, -0.1) is 0 Å². The topological polar surface area (TPSA) is 35.0 Å². The zero-order valence-electron chi connectivity index (χ0n) is 13.1. The van der Waals surface area contributed by atoms with Gasteiger partial charge >= 0.3 is 0 Å². The van der Waals surface area contributed by atoms with Crippen molar-refractivity contribution in [2.24, 2.45) is 0 Å². The van der Waals surface area contributed by atoms with Crippen molar-refractivity contribution in [2.75, 3.05) is 6.61 Å². The lowest BCUT2D eigenvalue weighted by Gasteiger charge is -2.06. The fourth-order valence-corrected chi connectivity index (χ4v) is 2.30. The van der Waals surface area contributed by atoms with Gasteiger partial charge in [0.2, 0.25) is 0 Å². The summed E-state index contributed by atoms with van der Waals surface area (Å²) >= 11 is 0. The number of halogens is 1. The van der Waals surface area contributed by atoms with Gasteiger partial charge in [0.1, 0.15) is 12.4 Å². The molecule has 1 aromatic heterocycles. The Bertz CT molecular complexity index is 613. The number of nitrogens with zero attached hydrogens (tertiary/aromatic N) is 2. The summed E-state index contributed by atoms with van der Waals surface area (Å²) in [4.78, 5) is 9.07. The van der Waals surface area contributed by atoms with Crippen LogP contribution < -0.4 is 4.74 Å². The van der Waals surface area contributed by atoms with Crippen molar-refractivity contribution >= 4 is 11.0 Å². The Labute approximate surface area is 131 Å². The average Bonchev–Trinajstić information content (AvgIpc) is 2.52. The number of hydrogen-bond acceptors (Lipinski definition) is 3. The number of benzene rings is 1. The number of aryl methyl sites for hydroxylation is 1. The molecular formula is C18H23FN2O. The third-order valence-electron chi connectivity index (χ3n) is 3.47. The molecule has 0 bridgehead atoms. The second kappa shape index (κ2) is 8.47. The van der Waals surface area contributed by atoms with Gasteiger partial charge in [-0.1, -0.05) is 25.5 Å². The van der Waals surface area contributed by atoms with Gasteiger partial charge in [0.25, 0.3) is 0 Å². The molecule has 3 nitrogen and oxygen atoms in total. The molecule has 0 saturated heterocycles. The van der Waals surface area contributed by atoms with Crippen LogP contribution in [0.4, 0.5) is 4.39 Å². The van der Waals surface area contributed by atoms with Crippen LogP contribution in [0, 0.1) is 0 Å². The SMILES string of the molecule is C=CCOc1ccc2nc(CCCCCC(C)F)cnc2c1. The Morgan fingerprint density at radius 1 is 1.27 bits per heavy atom. The molecule has 0 spiro atoms. The number of aromatic nitrogens is 2. The summed E-state index contributed by atoms with van der Waals surface area (Å²) in [7, 11) is 0. The van der Waals surface area contributed by atoms with E-state index in [2.05, 4.69) is 16.5 Å². The van der Waals surface area contributed by atoms with Crippen molar-refractivity contribution in [3.63, 3.8) is 0 Å². The fourth-order valence-electron chi connectivity index (χ4n) is 2.30. The van der Waals surface area contributed by atoms with Gasteiger partial charge in [-0.2, -0.15) is 0 Å². The van der Waals surface area contributed by atoms with E-state index in [1.807, 2.05) is 24.4 Å². The van der Waals surface area contributed by atoms with Crippen LogP contribution in [-0.2, 0) is 6.42 Å². The largest absolute Gasteiger partial charge is 0.489 e. The molecule has 1 unspecified atom stereocenters. The third-order valence-corrected chi connectivity index (χ3v) is 3.47. The molecule has 1 aromatic carbocycles. The van der Waals surface area contributed by atoms with E-state index >= 15 is 0 Å². The van der Waals surface area contributed by atoms with Gasteiger partial charge in [0, 0.05) is 12.3 Å². The predicted octanol–water partition coefficient (Wildman–Crippen LogP) is 4.66. The highest BCUT2D eigenvalue weighted by atomic mass is 19.1. The van der Waals surface area contributed by atoms with E-state index in [-0.39, 0.29) is 0 Å². The van der Waals surface area contributed by atoms with Crippen molar-refractivity contribution in [1.82, 2.24) is 9.97 Å². The van der Waals surface area contributed by atoms with E-state index in [0.717, 1.165) is 48.2 Å². The molecule has 0 aliphatic heterocycles. The van der Waals surface area contributed by atoms with E-state index in [9.17, 15) is 4.39 Å². The first-order chi connectivity index (χ1) is 10.7. The molecule has 0 N–H and O–H groups in total. The van der Waals surface area contributed by atoms with Gasteiger partial charge in [0.05, 0.1) is 22.9 Å². The summed E-state index contributed by atoms with van der Waals surface area (Å²) in [6, 6.07) is 5.71. The first kappa shape index (κ1) is 16.4. The van der Waals surface area contributed by atoms with Crippen LogP contribution >= 0.6 is 0 Å². The van der Waals surface area contributed by atoms with Crippen molar-refractivity contribution in [2.45, 2.75) is 45.2 Å². The Kier molecular flexibility index (Phi) is 6.31. The Morgan fingerprint density at radius 2 is 2.14 bits per heavy atom. The Balaban J connectivity index is 1.91. The minimum absolute atomic E-state index is 0.481. The second-order valence-corrected chi connectivity index (χ2v) is 5.49. The van der Waals surface area contributed by atoms with Crippen molar-refractivity contribution in [3.05, 3.63) is 42.7 Å². The number of unbranched alkanes of at least 4 members (excludes halogenated alkanes) is 2. The van der Waals surface area contributed by atoms with Crippen molar-refractivity contribution in [1.29, 1.82) is 0 Å². The van der Waals surface area contributed by atoms with E-state index in [1.165, 1.54) is 0 Å². The minimum Gasteiger partial charge on any atom is -0.489 e. The average molecular weight is 302 g/mol.